The van der Waals surface area contributed by atoms with Crippen LogP contribution in [0.3, 0.4) is 0 Å². The van der Waals surface area contributed by atoms with E-state index in [2.05, 4.69) is 15.3 Å². The second kappa shape index (κ2) is 6.55. The lowest BCUT2D eigenvalue weighted by molar-refractivity contribution is -0.120. The molecule has 3 aromatic heterocycles. The van der Waals surface area contributed by atoms with Crippen molar-refractivity contribution in [3.8, 4) is 0 Å². The van der Waals surface area contributed by atoms with Gasteiger partial charge >= 0.3 is 0 Å². The number of hydrogen-bond donors (Lipinski definition) is 1. The van der Waals surface area contributed by atoms with E-state index in [4.69, 9.17) is 0 Å². The Balaban J connectivity index is 1.64. The fourth-order valence-electron chi connectivity index (χ4n) is 1.81. The maximum absolute atomic E-state index is 12.1. The van der Waals surface area contributed by atoms with Crippen LogP contribution < -0.4 is 5.32 Å². The molecule has 0 saturated heterocycles. The van der Waals surface area contributed by atoms with Crippen molar-refractivity contribution in [1.82, 2.24) is 15.3 Å². The largest absolute Gasteiger partial charge is 0.350 e. The summed E-state index contributed by atoms with van der Waals surface area (Å²) in [6, 6.07) is 6.00. The lowest BCUT2D eigenvalue weighted by Gasteiger charge is -2.11. The van der Waals surface area contributed by atoms with Crippen LogP contribution in [0, 0.1) is 0 Å². The molecule has 1 atom stereocenters. The van der Waals surface area contributed by atoms with E-state index in [1.54, 1.807) is 29.0 Å². The van der Waals surface area contributed by atoms with Gasteiger partial charge in [-0.05, 0) is 29.8 Å². The molecule has 7 heteroatoms. The molecule has 0 aromatic carbocycles. The van der Waals surface area contributed by atoms with Gasteiger partial charge in [0.05, 0.1) is 11.8 Å². The van der Waals surface area contributed by atoms with Gasteiger partial charge in [0.1, 0.15) is 16.2 Å². The van der Waals surface area contributed by atoms with Crippen molar-refractivity contribution < 1.29 is 4.79 Å². The second-order valence-corrected chi connectivity index (χ2v) is 7.63. The highest BCUT2D eigenvalue weighted by atomic mass is 32.2. The minimum Gasteiger partial charge on any atom is -0.350 e. The number of carbonyl (C=O) groups is 1. The van der Waals surface area contributed by atoms with Gasteiger partial charge in [-0.15, -0.1) is 22.7 Å². The molecule has 0 aliphatic heterocycles. The molecule has 0 aliphatic carbocycles. The Morgan fingerprint density at radius 2 is 2.24 bits per heavy atom. The third kappa shape index (κ3) is 3.42. The molecule has 3 heterocycles. The summed E-state index contributed by atoms with van der Waals surface area (Å²) in [5.74, 6) is 0.0235. The maximum atomic E-state index is 12.1. The van der Waals surface area contributed by atoms with Crippen molar-refractivity contribution >= 4 is 50.6 Å². The predicted octanol–water partition coefficient (Wildman–Crippen LogP) is 3.55. The first-order valence-corrected chi connectivity index (χ1v) is 9.03. The Hall–Kier alpha value is -1.44. The van der Waals surface area contributed by atoms with Crippen molar-refractivity contribution in [2.24, 2.45) is 0 Å². The summed E-state index contributed by atoms with van der Waals surface area (Å²) in [5, 5.41) is 8.64. The highest BCUT2D eigenvalue weighted by molar-refractivity contribution is 8.00. The van der Waals surface area contributed by atoms with E-state index in [0.717, 1.165) is 20.1 Å². The molecular formula is C14H13N3OS3. The van der Waals surface area contributed by atoms with Gasteiger partial charge in [-0.1, -0.05) is 17.8 Å². The number of carbonyl (C=O) groups excluding carboxylic acids is 1. The minimum absolute atomic E-state index is 0.0235. The molecule has 1 amide bonds. The van der Waals surface area contributed by atoms with Crippen molar-refractivity contribution in [3.05, 3.63) is 40.2 Å². The van der Waals surface area contributed by atoms with Crippen LogP contribution in [0.25, 0.3) is 10.2 Å². The molecule has 1 N–H and O–H groups in total. The summed E-state index contributed by atoms with van der Waals surface area (Å²) in [4.78, 5) is 22.8. The van der Waals surface area contributed by atoms with Crippen molar-refractivity contribution in [2.45, 2.75) is 23.7 Å². The zero-order valence-corrected chi connectivity index (χ0v) is 13.7. The Labute approximate surface area is 134 Å². The normalized spacial score (nSPS) is 12.4. The molecule has 0 radical (unpaired) electrons. The molecular weight excluding hydrogens is 322 g/mol. The zero-order valence-electron chi connectivity index (χ0n) is 11.3. The number of aromatic nitrogens is 2. The molecule has 0 saturated carbocycles. The van der Waals surface area contributed by atoms with Gasteiger partial charge in [-0.2, -0.15) is 0 Å². The Kier molecular flexibility index (Phi) is 4.52. The smallest absolute Gasteiger partial charge is 0.233 e. The number of nitrogens with one attached hydrogen (secondary N) is 1. The number of fused-ring (bicyclic) bond motifs is 1. The predicted molar refractivity (Wildman–Crippen MR) is 88.9 cm³/mol. The van der Waals surface area contributed by atoms with E-state index in [0.29, 0.717) is 6.54 Å². The Bertz CT molecular complexity index is 739. The highest BCUT2D eigenvalue weighted by Crippen LogP contribution is 2.30. The van der Waals surface area contributed by atoms with Crippen LogP contribution in [-0.2, 0) is 11.3 Å². The van der Waals surface area contributed by atoms with Crippen molar-refractivity contribution in [2.75, 3.05) is 0 Å². The summed E-state index contributed by atoms with van der Waals surface area (Å²) >= 11 is 4.69. The molecule has 3 rings (SSSR count). The van der Waals surface area contributed by atoms with Crippen LogP contribution >= 0.6 is 34.4 Å². The quantitative estimate of drug-likeness (QED) is 0.572. The van der Waals surface area contributed by atoms with E-state index in [1.165, 1.54) is 11.8 Å². The molecule has 4 nitrogen and oxygen atoms in total. The monoisotopic (exact) mass is 335 g/mol. The lowest BCUT2D eigenvalue weighted by atomic mass is 10.4. The molecule has 0 bridgehead atoms. The third-order valence-corrected chi connectivity index (χ3v) is 5.71. The van der Waals surface area contributed by atoms with Crippen LogP contribution in [0.15, 0.2) is 40.3 Å². The van der Waals surface area contributed by atoms with Crippen LogP contribution in [0.5, 0.6) is 0 Å². The molecule has 0 fully saturated rings. The maximum Gasteiger partial charge on any atom is 0.233 e. The van der Waals surface area contributed by atoms with Crippen molar-refractivity contribution in [3.63, 3.8) is 0 Å². The Morgan fingerprint density at radius 1 is 1.33 bits per heavy atom. The number of rotatable bonds is 5. The number of hydrogen-bond acceptors (Lipinski definition) is 6. The fourth-order valence-corrected chi connectivity index (χ4v) is 4.18. The van der Waals surface area contributed by atoms with E-state index in [9.17, 15) is 4.79 Å². The van der Waals surface area contributed by atoms with Gasteiger partial charge < -0.3 is 5.32 Å². The molecule has 21 heavy (non-hydrogen) atoms. The summed E-state index contributed by atoms with van der Waals surface area (Å²) in [6.45, 7) is 2.48. The van der Waals surface area contributed by atoms with Gasteiger partial charge in [0.15, 0.2) is 0 Å². The summed E-state index contributed by atoms with van der Waals surface area (Å²) < 4.78 is 0. The van der Waals surface area contributed by atoms with E-state index < -0.39 is 0 Å². The standard InChI is InChI=1S/C14H13N3OS3/c1-9(12(18)15-7-10-3-2-5-19-10)21-14-11-4-6-20-13(11)16-8-17-14/h2-6,8-9H,7H2,1H3,(H,15,18). The van der Waals surface area contributed by atoms with E-state index in [-0.39, 0.29) is 11.2 Å². The van der Waals surface area contributed by atoms with Crippen LogP contribution in [0.4, 0.5) is 0 Å². The highest BCUT2D eigenvalue weighted by Gasteiger charge is 2.17. The molecule has 108 valence electrons. The first-order valence-electron chi connectivity index (χ1n) is 6.39. The van der Waals surface area contributed by atoms with Gasteiger partial charge in [0.2, 0.25) is 5.91 Å². The Morgan fingerprint density at radius 3 is 3.05 bits per heavy atom. The third-order valence-electron chi connectivity index (χ3n) is 2.90. The summed E-state index contributed by atoms with van der Waals surface area (Å²) in [7, 11) is 0. The SMILES string of the molecule is CC(Sc1ncnc2sccc12)C(=O)NCc1cccs1. The first-order chi connectivity index (χ1) is 10.2. The van der Waals surface area contributed by atoms with Crippen LogP contribution in [0.1, 0.15) is 11.8 Å². The lowest BCUT2D eigenvalue weighted by Crippen LogP contribution is -2.30. The summed E-state index contributed by atoms with van der Waals surface area (Å²) in [6.07, 6.45) is 1.55. The minimum atomic E-state index is -0.192. The molecule has 3 aromatic rings. The number of thiophene rings is 2. The molecule has 1 unspecified atom stereocenters. The zero-order chi connectivity index (χ0) is 14.7. The fraction of sp³-hybridized carbons (Fsp3) is 0.214. The average Bonchev–Trinajstić information content (AvgIpc) is 3.16. The van der Waals surface area contributed by atoms with Crippen molar-refractivity contribution in [1.29, 1.82) is 0 Å². The number of thioether (sulfide) groups is 1. The number of nitrogens with zero attached hydrogens (tertiary/aromatic N) is 2. The van der Waals surface area contributed by atoms with Gasteiger partial charge in [0.25, 0.3) is 0 Å². The van der Waals surface area contributed by atoms with Gasteiger partial charge in [-0.3, -0.25) is 4.79 Å². The van der Waals surface area contributed by atoms with Crippen LogP contribution in [0.2, 0.25) is 0 Å². The number of amides is 1. The van der Waals surface area contributed by atoms with E-state index in [1.807, 2.05) is 35.9 Å². The molecule has 0 aliphatic rings. The van der Waals surface area contributed by atoms with Gasteiger partial charge in [0, 0.05) is 10.3 Å². The van der Waals surface area contributed by atoms with Crippen LogP contribution in [-0.4, -0.2) is 21.1 Å². The second-order valence-electron chi connectivity index (χ2n) is 4.38. The van der Waals surface area contributed by atoms with Gasteiger partial charge in [-0.25, -0.2) is 9.97 Å². The topological polar surface area (TPSA) is 54.9 Å². The summed E-state index contributed by atoms with van der Waals surface area (Å²) in [5.41, 5.74) is 0. The van der Waals surface area contributed by atoms with E-state index >= 15 is 0 Å². The average molecular weight is 335 g/mol. The first kappa shape index (κ1) is 14.5. The molecule has 0 spiro atoms.